The molecule has 5 rings (SSSR count). The molecule has 0 bridgehead atoms. The summed E-state index contributed by atoms with van der Waals surface area (Å²) in [5.74, 6) is 2.37. The van der Waals surface area contributed by atoms with E-state index in [9.17, 15) is 9.59 Å². The van der Waals surface area contributed by atoms with Crippen LogP contribution < -0.4 is 16.3 Å². The molecule has 0 spiro atoms. The third kappa shape index (κ3) is 4.73. The Morgan fingerprint density at radius 3 is 2.61 bits per heavy atom. The number of hydrogen-bond acceptors (Lipinski definition) is 6. The van der Waals surface area contributed by atoms with Crippen LogP contribution in [0.5, 0.6) is 0 Å². The number of carbonyl (C=O) groups is 1. The summed E-state index contributed by atoms with van der Waals surface area (Å²) in [5.41, 5.74) is 0.274. The average molecular weight is 431 g/mol. The van der Waals surface area contributed by atoms with Gasteiger partial charge in [-0.05, 0) is 87.9 Å². The van der Waals surface area contributed by atoms with Crippen molar-refractivity contribution >= 4 is 5.91 Å². The van der Waals surface area contributed by atoms with Crippen LogP contribution in [0, 0.1) is 24.7 Å². The molecule has 31 heavy (non-hydrogen) atoms. The fourth-order valence-electron chi connectivity index (χ4n) is 5.49. The van der Waals surface area contributed by atoms with E-state index in [0.29, 0.717) is 42.3 Å². The second kappa shape index (κ2) is 9.04. The Bertz CT molecular complexity index is 858. The molecular formula is C24H34N2O5. The number of amides is 1. The van der Waals surface area contributed by atoms with E-state index in [4.69, 9.17) is 13.9 Å². The number of nitrogens with one attached hydrogen (secondary N) is 2. The first-order chi connectivity index (χ1) is 15.1. The number of carbonyl (C=O) groups excluding carboxylic acids is 1. The lowest BCUT2D eigenvalue weighted by molar-refractivity contribution is -0.0212. The molecule has 0 aromatic carbocycles. The molecule has 1 amide bonds. The van der Waals surface area contributed by atoms with Gasteiger partial charge in [0.05, 0.1) is 12.1 Å². The number of fused-ring (bicyclic) bond motifs is 1. The number of aryl methyl sites for hydroxylation is 1. The molecular weight excluding hydrogens is 396 g/mol. The maximum atomic E-state index is 13.2. The molecule has 7 heteroatoms. The third-order valence-electron chi connectivity index (χ3n) is 7.60. The normalized spacial score (nSPS) is 31.4. The number of hydrogen-bond donors (Lipinski definition) is 2. The van der Waals surface area contributed by atoms with E-state index in [0.717, 1.165) is 45.4 Å². The van der Waals surface area contributed by atoms with Gasteiger partial charge >= 0.3 is 5.63 Å². The van der Waals surface area contributed by atoms with Crippen molar-refractivity contribution in [1.29, 1.82) is 0 Å². The first kappa shape index (κ1) is 21.2. The van der Waals surface area contributed by atoms with Gasteiger partial charge in [0.25, 0.3) is 5.91 Å². The van der Waals surface area contributed by atoms with Gasteiger partial charge in [-0.2, -0.15) is 0 Å². The Labute approximate surface area is 183 Å². The maximum Gasteiger partial charge on any atom is 0.349 e. The first-order valence-corrected chi connectivity index (χ1v) is 11.9. The Hall–Kier alpha value is -1.70. The molecule has 0 unspecified atom stereocenters. The zero-order valence-electron chi connectivity index (χ0n) is 18.4. The van der Waals surface area contributed by atoms with Gasteiger partial charge in [-0.25, -0.2) is 4.79 Å². The predicted octanol–water partition coefficient (Wildman–Crippen LogP) is 2.37. The fraction of sp³-hybridized carbons (Fsp3) is 0.750. The highest BCUT2D eigenvalue weighted by atomic mass is 16.5. The van der Waals surface area contributed by atoms with Crippen LogP contribution in [0.2, 0.25) is 0 Å². The summed E-state index contributed by atoms with van der Waals surface area (Å²) in [5, 5.41) is 6.63. The summed E-state index contributed by atoms with van der Waals surface area (Å²) in [7, 11) is 0. The van der Waals surface area contributed by atoms with Crippen molar-refractivity contribution in [3.05, 3.63) is 33.4 Å². The topological polar surface area (TPSA) is 89.8 Å². The largest absolute Gasteiger partial charge is 0.427 e. The molecule has 3 heterocycles. The van der Waals surface area contributed by atoms with Crippen LogP contribution in [0.4, 0.5) is 0 Å². The summed E-state index contributed by atoms with van der Waals surface area (Å²) in [6.07, 6.45) is 6.04. The molecule has 2 N–H and O–H groups in total. The van der Waals surface area contributed by atoms with E-state index in [-0.39, 0.29) is 29.5 Å². The Morgan fingerprint density at radius 2 is 1.90 bits per heavy atom. The number of rotatable bonds is 6. The van der Waals surface area contributed by atoms with Gasteiger partial charge in [0, 0.05) is 25.7 Å². The van der Waals surface area contributed by atoms with Crippen LogP contribution in [-0.2, 0) is 9.47 Å². The van der Waals surface area contributed by atoms with Gasteiger partial charge in [0.15, 0.2) is 0 Å². The molecule has 2 aliphatic heterocycles. The molecule has 4 aliphatic rings. The lowest BCUT2D eigenvalue weighted by Crippen LogP contribution is -2.51. The molecule has 2 saturated carbocycles. The average Bonchev–Trinajstić information content (AvgIpc) is 3.48. The quantitative estimate of drug-likeness (QED) is 0.720. The molecule has 170 valence electrons. The van der Waals surface area contributed by atoms with Crippen LogP contribution >= 0.6 is 0 Å². The second-order valence-corrected chi connectivity index (χ2v) is 9.93. The highest BCUT2D eigenvalue weighted by molar-refractivity contribution is 5.95. The lowest BCUT2D eigenvalue weighted by Gasteiger charge is -2.38. The van der Waals surface area contributed by atoms with Crippen LogP contribution in [0.1, 0.15) is 66.1 Å². The molecule has 2 saturated heterocycles. The zero-order chi connectivity index (χ0) is 21.4. The summed E-state index contributed by atoms with van der Waals surface area (Å²) in [4.78, 5) is 25.9. The van der Waals surface area contributed by atoms with Crippen molar-refractivity contribution in [2.24, 2.45) is 17.8 Å². The van der Waals surface area contributed by atoms with E-state index in [1.165, 1.54) is 12.8 Å². The van der Waals surface area contributed by atoms with Crippen molar-refractivity contribution in [3.8, 4) is 0 Å². The van der Waals surface area contributed by atoms with Crippen molar-refractivity contribution < 1.29 is 18.7 Å². The number of ether oxygens (including phenoxy) is 2. The maximum absolute atomic E-state index is 13.2. The minimum absolute atomic E-state index is 0.0135. The van der Waals surface area contributed by atoms with Crippen LogP contribution in [0.3, 0.4) is 0 Å². The van der Waals surface area contributed by atoms with Gasteiger partial charge in [-0.3, -0.25) is 4.79 Å². The molecule has 1 aromatic heterocycles. The standard InChI is InChI=1S/C24H34N2O5/c1-14-8-20(16-4-6-29-7-5-16)31-24(28)22(14)23(27)26-19-9-17-11-25-12-18(17)10-21(19)30-13-15-2-3-15/h8,15-19,21,25H,2-7,9-13H2,1H3,(H,26,27)/t17-,18+,19-,21-/m0/s1. The summed E-state index contributed by atoms with van der Waals surface area (Å²) >= 11 is 0. The Kier molecular flexibility index (Phi) is 6.17. The minimum atomic E-state index is -0.536. The molecule has 1 aromatic rings. The molecule has 7 nitrogen and oxygen atoms in total. The highest BCUT2D eigenvalue weighted by Crippen LogP contribution is 2.36. The van der Waals surface area contributed by atoms with Crippen LogP contribution in [-0.4, -0.2) is 51.0 Å². The second-order valence-electron chi connectivity index (χ2n) is 9.93. The van der Waals surface area contributed by atoms with Gasteiger partial charge in [-0.1, -0.05) is 0 Å². The zero-order valence-corrected chi connectivity index (χ0v) is 18.4. The molecule has 4 fully saturated rings. The summed E-state index contributed by atoms with van der Waals surface area (Å²) < 4.78 is 17.3. The SMILES string of the molecule is Cc1cc(C2CCOCC2)oc(=O)c1C(=O)N[C@H]1C[C@H]2CNC[C@H]2C[C@@H]1OCC1CC1. The monoisotopic (exact) mass is 430 g/mol. The van der Waals surface area contributed by atoms with Crippen LogP contribution in [0.15, 0.2) is 15.3 Å². The highest BCUT2D eigenvalue weighted by Gasteiger charge is 2.41. The van der Waals surface area contributed by atoms with E-state index in [1.807, 2.05) is 13.0 Å². The summed E-state index contributed by atoms with van der Waals surface area (Å²) in [6.45, 7) is 5.99. The van der Waals surface area contributed by atoms with E-state index in [2.05, 4.69) is 10.6 Å². The van der Waals surface area contributed by atoms with E-state index < -0.39 is 5.63 Å². The molecule has 2 aliphatic carbocycles. The predicted molar refractivity (Wildman–Crippen MR) is 115 cm³/mol. The minimum Gasteiger partial charge on any atom is -0.427 e. The Morgan fingerprint density at radius 1 is 1.16 bits per heavy atom. The third-order valence-corrected chi connectivity index (χ3v) is 7.60. The van der Waals surface area contributed by atoms with Gasteiger partial charge in [0.2, 0.25) is 0 Å². The van der Waals surface area contributed by atoms with Crippen molar-refractivity contribution in [1.82, 2.24) is 10.6 Å². The smallest absolute Gasteiger partial charge is 0.349 e. The van der Waals surface area contributed by atoms with E-state index >= 15 is 0 Å². The Balaban J connectivity index is 1.30. The van der Waals surface area contributed by atoms with Gasteiger partial charge in [-0.15, -0.1) is 0 Å². The summed E-state index contributed by atoms with van der Waals surface area (Å²) in [6, 6.07) is 1.80. The van der Waals surface area contributed by atoms with Crippen LogP contribution in [0.25, 0.3) is 0 Å². The van der Waals surface area contributed by atoms with Crippen molar-refractivity contribution in [2.45, 2.75) is 63.5 Å². The van der Waals surface area contributed by atoms with Crippen molar-refractivity contribution in [3.63, 3.8) is 0 Å². The first-order valence-electron chi connectivity index (χ1n) is 11.9. The molecule has 4 atom stereocenters. The van der Waals surface area contributed by atoms with Gasteiger partial charge < -0.3 is 24.5 Å². The van der Waals surface area contributed by atoms with E-state index in [1.54, 1.807) is 0 Å². The van der Waals surface area contributed by atoms with Crippen molar-refractivity contribution in [2.75, 3.05) is 32.9 Å². The lowest BCUT2D eigenvalue weighted by atomic mass is 9.77. The fourth-order valence-corrected chi connectivity index (χ4v) is 5.49. The van der Waals surface area contributed by atoms with Gasteiger partial charge in [0.1, 0.15) is 11.3 Å². The molecule has 0 radical (unpaired) electrons.